The number of hydrogen-bond acceptors (Lipinski definition) is 4. The minimum absolute atomic E-state index is 0.0883. The number of nitrogens with one attached hydrogen (secondary N) is 1. The summed E-state index contributed by atoms with van der Waals surface area (Å²) in [7, 11) is -1.83. The van der Waals surface area contributed by atoms with Gasteiger partial charge in [-0.05, 0) is 37.1 Å². The number of aryl methyl sites for hydroxylation is 1. The van der Waals surface area contributed by atoms with E-state index in [2.05, 4.69) is 4.72 Å². The van der Waals surface area contributed by atoms with Gasteiger partial charge in [0.1, 0.15) is 5.75 Å². The van der Waals surface area contributed by atoms with Crippen molar-refractivity contribution in [3.05, 3.63) is 23.8 Å². The Morgan fingerprint density at radius 3 is 2.65 bits per heavy atom. The molecule has 6 heteroatoms. The summed E-state index contributed by atoms with van der Waals surface area (Å²) in [5, 5.41) is 8.61. The normalized spacial score (nSPS) is 11.2. The number of anilines is 1. The molecule has 0 aliphatic rings. The number of methoxy groups -OCH3 is 1. The van der Waals surface area contributed by atoms with Crippen LogP contribution in [-0.2, 0) is 10.0 Å². The van der Waals surface area contributed by atoms with E-state index in [4.69, 9.17) is 9.84 Å². The summed E-state index contributed by atoms with van der Waals surface area (Å²) in [6.07, 6.45) is 0.227. The van der Waals surface area contributed by atoms with Gasteiger partial charge in [-0.15, -0.1) is 0 Å². The predicted molar refractivity (Wildman–Crippen MR) is 66.8 cm³/mol. The summed E-state index contributed by atoms with van der Waals surface area (Å²) in [6.45, 7) is 1.66. The van der Waals surface area contributed by atoms with E-state index < -0.39 is 10.0 Å². The number of aliphatic hydroxyl groups excluding tert-OH is 1. The molecule has 1 aromatic carbocycles. The molecule has 1 rings (SSSR count). The minimum atomic E-state index is -3.39. The zero-order valence-electron chi connectivity index (χ0n) is 9.93. The number of aliphatic hydroxyl groups is 1. The number of benzene rings is 1. The van der Waals surface area contributed by atoms with Crippen molar-refractivity contribution in [2.75, 3.05) is 24.2 Å². The molecule has 0 atom stereocenters. The Labute approximate surface area is 101 Å². The van der Waals surface area contributed by atoms with Gasteiger partial charge in [-0.25, -0.2) is 8.42 Å². The first-order valence-corrected chi connectivity index (χ1v) is 6.90. The Kier molecular flexibility index (Phi) is 4.77. The van der Waals surface area contributed by atoms with Gasteiger partial charge in [-0.3, -0.25) is 4.72 Å². The first kappa shape index (κ1) is 13.8. The first-order chi connectivity index (χ1) is 7.98. The average Bonchev–Trinajstić information content (AvgIpc) is 2.29. The van der Waals surface area contributed by atoms with Crippen molar-refractivity contribution in [1.82, 2.24) is 0 Å². The summed E-state index contributed by atoms with van der Waals surface area (Å²) in [5.74, 6) is 0.593. The highest BCUT2D eigenvalue weighted by Gasteiger charge is 2.11. The molecule has 0 aliphatic heterocycles. The molecule has 96 valence electrons. The molecule has 0 fully saturated rings. The van der Waals surface area contributed by atoms with E-state index in [0.29, 0.717) is 11.4 Å². The molecule has 0 aliphatic carbocycles. The molecule has 0 amide bonds. The molecule has 0 unspecified atom stereocenters. The Balaban J connectivity index is 2.81. The van der Waals surface area contributed by atoms with Crippen LogP contribution in [0.4, 0.5) is 5.69 Å². The van der Waals surface area contributed by atoms with Crippen molar-refractivity contribution in [2.24, 2.45) is 0 Å². The van der Waals surface area contributed by atoms with Crippen LogP contribution in [-0.4, -0.2) is 33.0 Å². The lowest BCUT2D eigenvalue weighted by Gasteiger charge is -2.11. The molecule has 0 saturated carbocycles. The molecule has 17 heavy (non-hydrogen) atoms. The molecule has 1 aromatic rings. The zero-order valence-corrected chi connectivity index (χ0v) is 10.8. The molecule has 0 bridgehead atoms. The van der Waals surface area contributed by atoms with Gasteiger partial charge in [0.15, 0.2) is 0 Å². The van der Waals surface area contributed by atoms with Crippen molar-refractivity contribution in [1.29, 1.82) is 0 Å². The predicted octanol–water partition coefficient (Wildman–Crippen LogP) is 1.13. The van der Waals surface area contributed by atoms with Gasteiger partial charge in [-0.2, -0.15) is 0 Å². The fourth-order valence-corrected chi connectivity index (χ4v) is 2.53. The van der Waals surface area contributed by atoms with Crippen molar-refractivity contribution in [3.8, 4) is 5.75 Å². The second-order valence-corrected chi connectivity index (χ2v) is 5.52. The second-order valence-electron chi connectivity index (χ2n) is 3.68. The molecule has 0 saturated heterocycles. The number of sulfonamides is 1. The molecule has 0 radical (unpaired) electrons. The highest BCUT2D eigenvalue weighted by atomic mass is 32.2. The van der Waals surface area contributed by atoms with E-state index in [9.17, 15) is 8.42 Å². The van der Waals surface area contributed by atoms with Crippen molar-refractivity contribution in [2.45, 2.75) is 13.3 Å². The number of hydrogen-bond donors (Lipinski definition) is 2. The van der Waals surface area contributed by atoms with Gasteiger partial charge in [0.05, 0.1) is 18.6 Å². The van der Waals surface area contributed by atoms with E-state index in [1.54, 1.807) is 32.2 Å². The summed E-state index contributed by atoms with van der Waals surface area (Å²) in [5.41, 5.74) is 1.32. The first-order valence-electron chi connectivity index (χ1n) is 5.24. The summed E-state index contributed by atoms with van der Waals surface area (Å²) in [4.78, 5) is 0. The fourth-order valence-electron chi connectivity index (χ4n) is 1.35. The van der Waals surface area contributed by atoms with Crippen LogP contribution in [0.2, 0.25) is 0 Å². The number of ether oxygens (including phenoxy) is 1. The van der Waals surface area contributed by atoms with Crippen LogP contribution in [0, 0.1) is 6.92 Å². The van der Waals surface area contributed by atoms with E-state index in [1.807, 2.05) is 0 Å². The van der Waals surface area contributed by atoms with Gasteiger partial charge in [0.2, 0.25) is 10.0 Å². The van der Waals surface area contributed by atoms with Crippen LogP contribution in [0.1, 0.15) is 12.0 Å². The van der Waals surface area contributed by atoms with E-state index in [1.165, 1.54) is 0 Å². The Morgan fingerprint density at radius 2 is 2.12 bits per heavy atom. The van der Waals surface area contributed by atoms with Crippen LogP contribution in [0.3, 0.4) is 0 Å². The molecular weight excluding hydrogens is 242 g/mol. The highest BCUT2D eigenvalue weighted by Crippen LogP contribution is 2.22. The van der Waals surface area contributed by atoms with Crippen molar-refractivity contribution >= 4 is 15.7 Å². The third kappa shape index (κ3) is 4.24. The van der Waals surface area contributed by atoms with Crippen LogP contribution in [0.15, 0.2) is 18.2 Å². The highest BCUT2D eigenvalue weighted by molar-refractivity contribution is 7.92. The Hall–Kier alpha value is -1.27. The van der Waals surface area contributed by atoms with Crippen molar-refractivity contribution < 1.29 is 18.3 Å². The van der Waals surface area contributed by atoms with Crippen LogP contribution >= 0.6 is 0 Å². The van der Waals surface area contributed by atoms with Gasteiger partial charge < -0.3 is 9.84 Å². The molecule has 0 spiro atoms. The van der Waals surface area contributed by atoms with Gasteiger partial charge in [0, 0.05) is 6.61 Å². The maximum absolute atomic E-state index is 11.6. The topological polar surface area (TPSA) is 75.6 Å². The molecule has 0 heterocycles. The smallest absolute Gasteiger partial charge is 0.232 e. The lowest BCUT2D eigenvalue weighted by Crippen LogP contribution is -2.18. The van der Waals surface area contributed by atoms with E-state index in [-0.39, 0.29) is 18.8 Å². The maximum atomic E-state index is 11.6. The molecule has 0 aromatic heterocycles. The third-order valence-electron chi connectivity index (χ3n) is 2.27. The van der Waals surface area contributed by atoms with Gasteiger partial charge in [0.25, 0.3) is 0 Å². The minimum Gasteiger partial charge on any atom is -0.497 e. The van der Waals surface area contributed by atoms with Crippen LogP contribution in [0.5, 0.6) is 5.75 Å². The van der Waals surface area contributed by atoms with Crippen LogP contribution in [0.25, 0.3) is 0 Å². The Morgan fingerprint density at radius 1 is 1.41 bits per heavy atom. The Bertz CT molecular complexity index is 470. The molecular formula is C11H17NO4S. The van der Waals surface area contributed by atoms with Gasteiger partial charge in [-0.1, -0.05) is 0 Å². The van der Waals surface area contributed by atoms with Gasteiger partial charge >= 0.3 is 0 Å². The monoisotopic (exact) mass is 259 g/mol. The SMILES string of the molecule is COc1ccc(NS(=O)(=O)CCCO)c(C)c1. The lowest BCUT2D eigenvalue weighted by molar-refractivity contribution is 0.295. The summed E-state index contributed by atoms with van der Waals surface area (Å²) >= 11 is 0. The standard InChI is InChI=1S/C11H17NO4S/c1-9-8-10(16-2)4-5-11(9)12-17(14,15)7-3-6-13/h4-5,8,12-13H,3,6-7H2,1-2H3. The second kappa shape index (κ2) is 5.88. The lowest BCUT2D eigenvalue weighted by atomic mass is 10.2. The summed E-state index contributed by atoms with van der Waals surface area (Å²) in [6, 6.07) is 5.10. The molecule has 5 nitrogen and oxygen atoms in total. The van der Waals surface area contributed by atoms with Crippen molar-refractivity contribution in [3.63, 3.8) is 0 Å². The zero-order chi connectivity index (χ0) is 12.9. The largest absolute Gasteiger partial charge is 0.497 e. The third-order valence-corrected chi connectivity index (χ3v) is 3.63. The van der Waals surface area contributed by atoms with Crippen LogP contribution < -0.4 is 9.46 Å². The van der Waals surface area contributed by atoms with E-state index in [0.717, 1.165) is 5.56 Å². The fraction of sp³-hybridized carbons (Fsp3) is 0.455. The summed E-state index contributed by atoms with van der Waals surface area (Å²) < 4.78 is 30.7. The quantitative estimate of drug-likeness (QED) is 0.803. The molecule has 2 N–H and O–H groups in total. The number of rotatable bonds is 6. The van der Waals surface area contributed by atoms with E-state index >= 15 is 0 Å². The maximum Gasteiger partial charge on any atom is 0.232 e. The average molecular weight is 259 g/mol.